The third-order valence-corrected chi connectivity index (χ3v) is 4.67. The van der Waals surface area contributed by atoms with Crippen LogP contribution in [-0.4, -0.2) is 0 Å². The van der Waals surface area contributed by atoms with E-state index in [1.807, 2.05) is 0 Å². The van der Waals surface area contributed by atoms with Crippen LogP contribution in [0.1, 0.15) is 92.9 Å². The minimum absolute atomic E-state index is 0.885. The van der Waals surface area contributed by atoms with Gasteiger partial charge in [-0.2, -0.15) is 0 Å². The summed E-state index contributed by atoms with van der Waals surface area (Å²) in [5.41, 5.74) is 0. The molecule has 0 saturated carbocycles. The molecule has 0 aromatic heterocycles. The highest BCUT2D eigenvalue weighted by molar-refractivity contribution is 4.71. The molecule has 3 atom stereocenters. The lowest BCUT2D eigenvalue weighted by Crippen LogP contribution is -2.19. The van der Waals surface area contributed by atoms with Crippen molar-refractivity contribution < 1.29 is 0 Å². The van der Waals surface area contributed by atoms with E-state index in [0.29, 0.717) is 0 Å². The van der Waals surface area contributed by atoms with Crippen LogP contribution in [-0.2, 0) is 0 Å². The topological polar surface area (TPSA) is 0 Å². The second-order valence-electron chi connectivity index (χ2n) is 6.85. The van der Waals surface area contributed by atoms with E-state index < -0.39 is 0 Å². The maximum absolute atomic E-state index is 2.49. The lowest BCUT2D eigenvalue weighted by Gasteiger charge is -2.29. The van der Waals surface area contributed by atoms with Crippen LogP contribution in [0.25, 0.3) is 0 Å². The second-order valence-corrected chi connectivity index (χ2v) is 6.85. The highest BCUT2D eigenvalue weighted by Crippen LogP contribution is 2.31. The fourth-order valence-corrected chi connectivity index (χ4v) is 3.18. The molecule has 0 bridgehead atoms. The molecular formula is C18H38. The van der Waals surface area contributed by atoms with Crippen LogP contribution >= 0.6 is 0 Å². The molecule has 0 spiro atoms. The van der Waals surface area contributed by atoms with Crippen molar-refractivity contribution in [2.45, 2.75) is 92.9 Å². The molecule has 0 aliphatic carbocycles. The lowest BCUT2D eigenvalue weighted by molar-refractivity contribution is 0.216. The van der Waals surface area contributed by atoms with Crippen molar-refractivity contribution in [3.05, 3.63) is 0 Å². The molecule has 0 aliphatic rings. The van der Waals surface area contributed by atoms with Crippen molar-refractivity contribution in [2.75, 3.05) is 0 Å². The molecule has 0 aromatic rings. The highest BCUT2D eigenvalue weighted by Gasteiger charge is 2.21. The molecule has 0 aliphatic heterocycles. The van der Waals surface area contributed by atoms with Gasteiger partial charge in [0.1, 0.15) is 0 Å². The van der Waals surface area contributed by atoms with E-state index in [9.17, 15) is 0 Å². The lowest BCUT2D eigenvalue weighted by atomic mass is 9.77. The van der Waals surface area contributed by atoms with E-state index in [1.165, 1.54) is 51.4 Å². The van der Waals surface area contributed by atoms with Crippen LogP contribution in [0, 0.1) is 23.7 Å². The maximum Gasteiger partial charge on any atom is -0.0363 e. The van der Waals surface area contributed by atoms with Crippen LogP contribution in [0.2, 0.25) is 0 Å². The first-order valence-corrected chi connectivity index (χ1v) is 8.52. The van der Waals surface area contributed by atoms with Crippen LogP contribution < -0.4 is 0 Å². The minimum Gasteiger partial charge on any atom is -0.0654 e. The van der Waals surface area contributed by atoms with Crippen molar-refractivity contribution in [3.63, 3.8) is 0 Å². The van der Waals surface area contributed by atoms with Gasteiger partial charge in [0.05, 0.1) is 0 Å². The van der Waals surface area contributed by atoms with Crippen LogP contribution in [0.4, 0.5) is 0 Å². The molecule has 0 heterocycles. The zero-order valence-corrected chi connectivity index (χ0v) is 14.0. The van der Waals surface area contributed by atoms with Crippen LogP contribution in [0.15, 0.2) is 0 Å². The third-order valence-electron chi connectivity index (χ3n) is 4.67. The molecule has 110 valence electrons. The summed E-state index contributed by atoms with van der Waals surface area (Å²) in [5, 5.41) is 0. The summed E-state index contributed by atoms with van der Waals surface area (Å²) in [6.07, 6.45) is 11.3. The fraction of sp³-hybridized carbons (Fsp3) is 1.00. The molecule has 18 heavy (non-hydrogen) atoms. The van der Waals surface area contributed by atoms with Gasteiger partial charge in [-0.3, -0.25) is 0 Å². The van der Waals surface area contributed by atoms with Gasteiger partial charge in [-0.25, -0.2) is 0 Å². The van der Waals surface area contributed by atoms with E-state index in [1.54, 1.807) is 0 Å². The molecule has 0 radical (unpaired) electrons. The third kappa shape index (κ3) is 8.16. The van der Waals surface area contributed by atoms with Gasteiger partial charge in [-0.1, -0.05) is 92.9 Å². The summed E-state index contributed by atoms with van der Waals surface area (Å²) in [6.45, 7) is 14.3. The van der Waals surface area contributed by atoms with Crippen LogP contribution in [0.5, 0.6) is 0 Å². The van der Waals surface area contributed by atoms with E-state index in [4.69, 9.17) is 0 Å². The van der Waals surface area contributed by atoms with Crippen molar-refractivity contribution >= 4 is 0 Å². The van der Waals surface area contributed by atoms with Gasteiger partial charge in [-0.15, -0.1) is 0 Å². The molecule has 0 rings (SSSR count). The molecule has 0 aromatic carbocycles. The largest absolute Gasteiger partial charge is 0.0654 e. The molecule has 3 unspecified atom stereocenters. The molecule has 0 fully saturated rings. The van der Waals surface area contributed by atoms with Crippen LogP contribution in [0.3, 0.4) is 0 Å². The molecule has 0 saturated heterocycles. The SMILES string of the molecule is CCCC(C(C)CC)C(C)CCCCCC(C)C. The Morgan fingerprint density at radius 2 is 1.28 bits per heavy atom. The summed E-state index contributed by atoms with van der Waals surface area (Å²) >= 11 is 0. The molecule has 0 amide bonds. The Bertz CT molecular complexity index is 171. The van der Waals surface area contributed by atoms with Crippen molar-refractivity contribution in [1.82, 2.24) is 0 Å². The first-order valence-electron chi connectivity index (χ1n) is 8.52. The monoisotopic (exact) mass is 254 g/mol. The van der Waals surface area contributed by atoms with Gasteiger partial charge in [0.25, 0.3) is 0 Å². The predicted octanol–water partition coefficient (Wildman–Crippen LogP) is 6.69. The first kappa shape index (κ1) is 18.0. The Morgan fingerprint density at radius 3 is 1.78 bits per heavy atom. The summed E-state index contributed by atoms with van der Waals surface area (Å²) < 4.78 is 0. The highest BCUT2D eigenvalue weighted by atomic mass is 14.3. The summed E-state index contributed by atoms with van der Waals surface area (Å²) in [7, 11) is 0. The zero-order valence-electron chi connectivity index (χ0n) is 14.0. The molecule has 0 heteroatoms. The van der Waals surface area contributed by atoms with Gasteiger partial charge >= 0.3 is 0 Å². The van der Waals surface area contributed by atoms with E-state index in [-0.39, 0.29) is 0 Å². The normalized spacial score (nSPS) is 16.8. The van der Waals surface area contributed by atoms with Crippen molar-refractivity contribution in [1.29, 1.82) is 0 Å². The van der Waals surface area contributed by atoms with Gasteiger partial charge in [-0.05, 0) is 23.7 Å². The van der Waals surface area contributed by atoms with Gasteiger partial charge in [0.15, 0.2) is 0 Å². The number of rotatable bonds is 11. The molecule has 0 N–H and O–H groups in total. The Kier molecular flexibility index (Phi) is 10.9. The quantitative estimate of drug-likeness (QED) is 0.360. The Morgan fingerprint density at radius 1 is 0.667 bits per heavy atom. The van der Waals surface area contributed by atoms with Gasteiger partial charge in [0, 0.05) is 0 Å². The zero-order chi connectivity index (χ0) is 14.0. The van der Waals surface area contributed by atoms with Crippen molar-refractivity contribution in [3.8, 4) is 0 Å². The summed E-state index contributed by atoms with van der Waals surface area (Å²) in [4.78, 5) is 0. The summed E-state index contributed by atoms with van der Waals surface area (Å²) in [6, 6.07) is 0. The average Bonchev–Trinajstić information content (AvgIpc) is 2.34. The Labute approximate surface area is 117 Å². The average molecular weight is 255 g/mol. The van der Waals surface area contributed by atoms with Gasteiger partial charge in [0.2, 0.25) is 0 Å². The maximum atomic E-state index is 2.49. The first-order chi connectivity index (χ1) is 8.52. The smallest absolute Gasteiger partial charge is 0.0363 e. The number of unbranched alkanes of at least 4 members (excludes halogenated alkanes) is 2. The van der Waals surface area contributed by atoms with E-state index >= 15 is 0 Å². The second kappa shape index (κ2) is 10.9. The standard InChI is InChI=1S/C18H38/c1-7-12-18(16(5)8-2)17(6)14-11-9-10-13-15(3)4/h15-18H,7-14H2,1-6H3. The number of hydrogen-bond donors (Lipinski definition) is 0. The number of hydrogen-bond acceptors (Lipinski definition) is 0. The predicted molar refractivity (Wildman–Crippen MR) is 84.9 cm³/mol. The van der Waals surface area contributed by atoms with E-state index in [2.05, 4.69) is 41.5 Å². The summed E-state index contributed by atoms with van der Waals surface area (Å²) in [5.74, 6) is 3.69. The molecule has 0 nitrogen and oxygen atoms in total. The Hall–Kier alpha value is 0. The Balaban J connectivity index is 3.84. The van der Waals surface area contributed by atoms with Crippen molar-refractivity contribution in [2.24, 2.45) is 23.7 Å². The minimum atomic E-state index is 0.885. The fourth-order valence-electron chi connectivity index (χ4n) is 3.18. The van der Waals surface area contributed by atoms with Gasteiger partial charge < -0.3 is 0 Å². The molecular weight excluding hydrogens is 216 g/mol. The van der Waals surface area contributed by atoms with E-state index in [0.717, 1.165) is 23.7 Å².